The van der Waals surface area contributed by atoms with Gasteiger partial charge in [0.2, 0.25) is 5.91 Å². The van der Waals surface area contributed by atoms with Crippen LogP contribution in [0.3, 0.4) is 0 Å². The molecule has 0 unspecified atom stereocenters. The van der Waals surface area contributed by atoms with Gasteiger partial charge in [-0.25, -0.2) is 10.4 Å². The van der Waals surface area contributed by atoms with Crippen LogP contribution in [0.15, 0.2) is 36.4 Å². The van der Waals surface area contributed by atoms with Crippen LogP contribution in [0.1, 0.15) is 59.9 Å². The fourth-order valence-corrected chi connectivity index (χ4v) is 6.37. The van der Waals surface area contributed by atoms with Crippen molar-refractivity contribution in [2.24, 2.45) is 11.3 Å². The first-order valence-corrected chi connectivity index (χ1v) is 17.4. The number of amides is 4. The van der Waals surface area contributed by atoms with Crippen LogP contribution in [0.25, 0.3) is 17.0 Å². The second kappa shape index (κ2) is 15.1. The lowest BCUT2D eigenvalue weighted by atomic mass is 9.92. The first-order valence-electron chi connectivity index (χ1n) is 17.4. The van der Waals surface area contributed by atoms with Crippen molar-refractivity contribution in [1.82, 2.24) is 36.0 Å². The van der Waals surface area contributed by atoms with Gasteiger partial charge < -0.3 is 15.0 Å². The molecule has 14 heteroatoms. The number of hydrogen-bond acceptors (Lipinski definition) is 10. The van der Waals surface area contributed by atoms with E-state index in [1.807, 2.05) is 67.0 Å². The Morgan fingerprint density at radius 3 is 2.50 bits per heavy atom. The largest absolute Gasteiger partial charge is 0.450 e. The highest BCUT2D eigenvalue weighted by Gasteiger charge is 2.37. The van der Waals surface area contributed by atoms with E-state index in [9.17, 15) is 24.0 Å². The maximum Gasteiger partial charge on any atom is 0.316 e. The van der Waals surface area contributed by atoms with Crippen molar-refractivity contribution in [3.05, 3.63) is 42.0 Å². The number of carbonyl (C=O) groups is 5. The Morgan fingerprint density at radius 2 is 1.78 bits per heavy atom. The molecule has 270 valence electrons. The van der Waals surface area contributed by atoms with Gasteiger partial charge in [-0.15, -0.1) is 0 Å². The highest BCUT2D eigenvalue weighted by atomic mass is 16.5. The molecule has 3 N–H and O–H groups in total. The summed E-state index contributed by atoms with van der Waals surface area (Å²) in [5, 5.41) is 6.56. The van der Waals surface area contributed by atoms with Gasteiger partial charge in [0.05, 0.1) is 10.9 Å². The summed E-state index contributed by atoms with van der Waals surface area (Å²) in [6, 6.07) is 7.69. The molecule has 3 aliphatic rings. The number of rotatable bonds is 3. The number of nitrogens with one attached hydrogen (secondary N) is 3. The minimum Gasteiger partial charge on any atom is -0.450 e. The smallest absolute Gasteiger partial charge is 0.316 e. The van der Waals surface area contributed by atoms with E-state index in [0.29, 0.717) is 50.4 Å². The SMILES string of the molecule is CC(C)C(=O)N1CCN(C[C@@H]2OC(=O)C(C)(C)/C=C/c3ccc4ccc(nc4c3)N(C)NC(=O)[C@@H]3CCCN(N3)C(=O)[C@H](C)NC2=O)C[C@@H]1C. The topological polar surface area (TPSA) is 157 Å². The number of anilines is 1. The van der Waals surface area contributed by atoms with Crippen LogP contribution in [0.4, 0.5) is 5.82 Å². The van der Waals surface area contributed by atoms with E-state index >= 15 is 0 Å². The van der Waals surface area contributed by atoms with Crippen LogP contribution >= 0.6 is 0 Å². The zero-order valence-electron chi connectivity index (χ0n) is 30.1. The number of esters is 1. The summed E-state index contributed by atoms with van der Waals surface area (Å²) in [6.45, 7) is 12.6. The molecule has 2 fully saturated rings. The predicted molar refractivity (Wildman–Crippen MR) is 189 cm³/mol. The minimum atomic E-state index is -1.23. The highest BCUT2D eigenvalue weighted by Crippen LogP contribution is 2.25. The van der Waals surface area contributed by atoms with Crippen LogP contribution in [0.2, 0.25) is 0 Å². The number of aromatic nitrogens is 1. The Balaban J connectivity index is 1.44. The molecule has 2 saturated heterocycles. The lowest BCUT2D eigenvalue weighted by molar-refractivity contribution is -0.164. The summed E-state index contributed by atoms with van der Waals surface area (Å²) in [7, 11) is 1.70. The monoisotopic (exact) mass is 690 g/mol. The van der Waals surface area contributed by atoms with E-state index in [2.05, 4.69) is 16.2 Å². The third-order valence-electron chi connectivity index (χ3n) is 9.49. The summed E-state index contributed by atoms with van der Waals surface area (Å²) in [5.74, 6) is -1.51. The molecule has 4 atom stereocenters. The molecule has 0 spiro atoms. The number of benzene rings is 1. The number of hydrogen-bond donors (Lipinski definition) is 3. The molecule has 0 aliphatic carbocycles. The van der Waals surface area contributed by atoms with Crippen LogP contribution in [-0.4, -0.2) is 113 Å². The molecule has 1 aromatic carbocycles. The number of nitrogens with zero attached hydrogens (tertiary/aromatic N) is 5. The number of pyridine rings is 1. The normalized spacial score (nSPS) is 26.4. The van der Waals surface area contributed by atoms with Gasteiger partial charge in [-0.1, -0.05) is 38.1 Å². The van der Waals surface area contributed by atoms with Crippen molar-refractivity contribution in [3.8, 4) is 0 Å². The van der Waals surface area contributed by atoms with E-state index in [4.69, 9.17) is 9.72 Å². The maximum absolute atomic E-state index is 13.8. The van der Waals surface area contributed by atoms with Gasteiger partial charge in [-0.3, -0.25) is 44.3 Å². The lowest BCUT2D eigenvalue weighted by Gasteiger charge is -2.41. The van der Waals surface area contributed by atoms with Gasteiger partial charge in [-0.2, -0.15) is 0 Å². The number of ether oxygens (including phenoxy) is 1. The molecule has 4 amide bonds. The third kappa shape index (κ3) is 8.41. The van der Waals surface area contributed by atoms with Crippen molar-refractivity contribution in [1.29, 1.82) is 0 Å². The van der Waals surface area contributed by atoms with E-state index in [1.54, 1.807) is 38.9 Å². The second-order valence-electron chi connectivity index (χ2n) is 14.4. The lowest BCUT2D eigenvalue weighted by Crippen LogP contribution is -2.62. The average molecular weight is 691 g/mol. The summed E-state index contributed by atoms with van der Waals surface area (Å²) in [4.78, 5) is 75.7. The van der Waals surface area contributed by atoms with Crippen LogP contribution < -0.4 is 21.2 Å². The number of carbonyl (C=O) groups excluding carboxylic acids is 5. The van der Waals surface area contributed by atoms with Gasteiger partial charge in [0.15, 0.2) is 6.10 Å². The van der Waals surface area contributed by atoms with Crippen molar-refractivity contribution >= 4 is 52.4 Å². The zero-order chi connectivity index (χ0) is 36.3. The average Bonchev–Trinajstić information content (AvgIpc) is 3.09. The summed E-state index contributed by atoms with van der Waals surface area (Å²) in [5.41, 5.74) is 6.27. The van der Waals surface area contributed by atoms with Crippen molar-refractivity contribution in [2.75, 3.05) is 44.8 Å². The molecule has 0 saturated carbocycles. The van der Waals surface area contributed by atoms with Crippen molar-refractivity contribution < 1.29 is 28.7 Å². The standard InChI is InChI=1S/C36H50N8O6/c1-22(2)33(47)43-18-17-42(20-23(43)3)21-29-32(46)37-24(4)34(48)44-16-8-9-27(39-44)31(45)40-41(7)30-13-12-26-11-10-25(19-28(26)38-30)14-15-36(5,6)35(49)50-29/h10-15,19,22-24,27,29,39H,8-9,16-18,20-21H2,1-7H3,(H,37,46)(H,40,45)/b15-14+/t23-,24-,27-,29-/m0/s1. The van der Waals surface area contributed by atoms with Crippen LogP contribution in [-0.2, 0) is 28.7 Å². The summed E-state index contributed by atoms with van der Waals surface area (Å²) < 4.78 is 5.96. The number of cyclic esters (lactones) is 1. The van der Waals surface area contributed by atoms with Crippen LogP contribution in [0.5, 0.6) is 0 Å². The quantitative estimate of drug-likeness (QED) is 0.407. The van der Waals surface area contributed by atoms with Crippen LogP contribution in [0, 0.1) is 11.3 Å². The van der Waals surface area contributed by atoms with E-state index in [-0.39, 0.29) is 30.3 Å². The Morgan fingerprint density at radius 1 is 1.04 bits per heavy atom. The molecule has 0 radical (unpaired) electrons. The molecular weight excluding hydrogens is 640 g/mol. The fraction of sp³-hybridized carbons (Fsp3) is 0.556. The molecule has 5 rings (SSSR count). The number of piperazine rings is 1. The number of fused-ring (bicyclic) bond motifs is 4. The predicted octanol–water partition coefficient (Wildman–Crippen LogP) is 1.86. The van der Waals surface area contributed by atoms with E-state index in [0.717, 1.165) is 10.9 Å². The van der Waals surface area contributed by atoms with Gasteiger partial charge in [-0.05, 0) is 64.3 Å². The van der Waals surface area contributed by atoms with E-state index < -0.39 is 41.4 Å². The first kappa shape index (κ1) is 36.7. The minimum absolute atomic E-state index is 0.0704. The van der Waals surface area contributed by atoms with Crippen molar-refractivity contribution in [2.45, 2.75) is 78.6 Å². The molecule has 14 nitrogen and oxygen atoms in total. The van der Waals surface area contributed by atoms with Gasteiger partial charge in [0.25, 0.3) is 17.7 Å². The Kier molecular flexibility index (Phi) is 11.1. The molecule has 4 heterocycles. The molecule has 1 aromatic heterocycles. The summed E-state index contributed by atoms with van der Waals surface area (Å²) in [6.07, 6.45) is 3.39. The number of hydrazine groups is 2. The summed E-state index contributed by atoms with van der Waals surface area (Å²) >= 11 is 0. The van der Waals surface area contributed by atoms with Gasteiger partial charge >= 0.3 is 5.97 Å². The van der Waals surface area contributed by atoms with E-state index in [1.165, 1.54) is 5.01 Å². The first-order chi connectivity index (χ1) is 23.6. The van der Waals surface area contributed by atoms with Crippen molar-refractivity contribution in [3.63, 3.8) is 0 Å². The molecule has 50 heavy (non-hydrogen) atoms. The molecule has 2 aromatic rings. The Bertz CT molecular complexity index is 1660. The highest BCUT2D eigenvalue weighted by molar-refractivity contribution is 5.92. The molecule has 3 aliphatic heterocycles. The van der Waals surface area contributed by atoms with Gasteiger partial charge in [0, 0.05) is 57.1 Å². The fourth-order valence-electron chi connectivity index (χ4n) is 6.37. The maximum atomic E-state index is 13.8. The third-order valence-corrected chi connectivity index (χ3v) is 9.49. The molecular formula is C36H50N8O6. The molecule has 5 bridgehead atoms. The Labute approximate surface area is 293 Å². The zero-order valence-corrected chi connectivity index (χ0v) is 30.1. The second-order valence-corrected chi connectivity index (χ2v) is 14.4. The Hall–Kier alpha value is -4.56. The van der Waals surface area contributed by atoms with Gasteiger partial charge in [0.1, 0.15) is 17.9 Å².